The predicted octanol–water partition coefficient (Wildman–Crippen LogP) is 4.29. The molecule has 1 unspecified atom stereocenters. The molecule has 1 aliphatic rings. The molecule has 0 amide bonds. The predicted molar refractivity (Wildman–Crippen MR) is 72.7 cm³/mol. The summed E-state index contributed by atoms with van der Waals surface area (Å²) < 4.78 is 0. The maximum atomic E-state index is 3.50. The molecule has 1 N–H and O–H groups in total. The second-order valence-electron chi connectivity index (χ2n) is 5.34. The molecule has 1 nitrogen and oxygen atoms in total. The molecular weight excluding hydrogens is 194 g/mol. The Bertz CT molecular complexity index is 217. The van der Waals surface area contributed by atoms with Gasteiger partial charge in [0.25, 0.3) is 0 Å². The van der Waals surface area contributed by atoms with Crippen LogP contribution in [-0.4, -0.2) is 13.1 Å². The standard InChI is InChI=1S/C15H29N/c1-4-5-6-7-8-9-13(2)15-12-16-11-10-14(15)3/h13,16H,4-12H2,1-3H3. The van der Waals surface area contributed by atoms with Crippen molar-refractivity contribution in [1.82, 2.24) is 5.32 Å². The molecule has 1 heterocycles. The van der Waals surface area contributed by atoms with Gasteiger partial charge in [-0.3, -0.25) is 0 Å². The normalized spacial score (nSPS) is 18.9. The summed E-state index contributed by atoms with van der Waals surface area (Å²) in [7, 11) is 0. The van der Waals surface area contributed by atoms with Crippen molar-refractivity contribution in [3.63, 3.8) is 0 Å². The van der Waals surface area contributed by atoms with Crippen LogP contribution in [0.15, 0.2) is 11.1 Å². The van der Waals surface area contributed by atoms with Crippen LogP contribution in [-0.2, 0) is 0 Å². The van der Waals surface area contributed by atoms with E-state index in [0.717, 1.165) is 12.5 Å². The Kier molecular flexibility index (Phi) is 6.79. The Morgan fingerprint density at radius 2 is 1.94 bits per heavy atom. The van der Waals surface area contributed by atoms with E-state index < -0.39 is 0 Å². The quantitative estimate of drug-likeness (QED) is 0.501. The molecule has 16 heavy (non-hydrogen) atoms. The number of unbranched alkanes of at least 4 members (excludes halogenated alkanes) is 4. The Hall–Kier alpha value is -0.300. The average molecular weight is 223 g/mol. The molecule has 0 aromatic rings. The van der Waals surface area contributed by atoms with Crippen molar-refractivity contribution in [3.05, 3.63) is 11.1 Å². The number of nitrogens with one attached hydrogen (secondary N) is 1. The van der Waals surface area contributed by atoms with E-state index in [1.54, 1.807) is 11.1 Å². The summed E-state index contributed by atoms with van der Waals surface area (Å²) in [4.78, 5) is 0. The van der Waals surface area contributed by atoms with Crippen molar-refractivity contribution in [1.29, 1.82) is 0 Å². The molecule has 0 saturated carbocycles. The first kappa shape index (κ1) is 13.8. The summed E-state index contributed by atoms with van der Waals surface area (Å²) >= 11 is 0. The highest BCUT2D eigenvalue weighted by atomic mass is 14.9. The van der Waals surface area contributed by atoms with E-state index in [-0.39, 0.29) is 0 Å². The van der Waals surface area contributed by atoms with Gasteiger partial charge >= 0.3 is 0 Å². The minimum atomic E-state index is 0.800. The van der Waals surface area contributed by atoms with Crippen molar-refractivity contribution < 1.29 is 0 Å². The third-order valence-electron chi connectivity index (χ3n) is 3.88. The first-order valence-corrected chi connectivity index (χ1v) is 7.15. The molecule has 0 aliphatic carbocycles. The highest BCUT2D eigenvalue weighted by molar-refractivity contribution is 5.19. The van der Waals surface area contributed by atoms with E-state index >= 15 is 0 Å². The van der Waals surface area contributed by atoms with Gasteiger partial charge in [-0.05, 0) is 32.2 Å². The van der Waals surface area contributed by atoms with Crippen LogP contribution in [0.25, 0.3) is 0 Å². The SMILES string of the molecule is CCCCCCCC(C)C1=C(C)CCNC1. The number of hydrogen-bond donors (Lipinski definition) is 1. The van der Waals surface area contributed by atoms with Crippen molar-refractivity contribution in [2.75, 3.05) is 13.1 Å². The van der Waals surface area contributed by atoms with Gasteiger partial charge in [-0.2, -0.15) is 0 Å². The lowest BCUT2D eigenvalue weighted by Gasteiger charge is -2.24. The maximum Gasteiger partial charge on any atom is 0.0170 e. The number of rotatable bonds is 7. The topological polar surface area (TPSA) is 12.0 Å². The van der Waals surface area contributed by atoms with Crippen LogP contribution in [0.2, 0.25) is 0 Å². The lowest BCUT2D eigenvalue weighted by atomic mass is 9.88. The summed E-state index contributed by atoms with van der Waals surface area (Å²) in [5.74, 6) is 0.800. The van der Waals surface area contributed by atoms with Crippen LogP contribution in [0, 0.1) is 5.92 Å². The number of hydrogen-bond acceptors (Lipinski definition) is 1. The van der Waals surface area contributed by atoms with Gasteiger partial charge < -0.3 is 5.32 Å². The first-order valence-electron chi connectivity index (χ1n) is 7.15. The van der Waals surface area contributed by atoms with E-state index in [0.29, 0.717) is 0 Å². The third-order valence-corrected chi connectivity index (χ3v) is 3.88. The van der Waals surface area contributed by atoms with Crippen LogP contribution in [0.3, 0.4) is 0 Å². The summed E-state index contributed by atoms with van der Waals surface area (Å²) in [6, 6.07) is 0. The zero-order chi connectivity index (χ0) is 11.8. The Labute approximate surface area is 102 Å². The first-order chi connectivity index (χ1) is 7.75. The smallest absolute Gasteiger partial charge is 0.0170 e. The van der Waals surface area contributed by atoms with Gasteiger partial charge in [-0.1, -0.05) is 57.1 Å². The van der Waals surface area contributed by atoms with Crippen molar-refractivity contribution in [2.45, 2.75) is 65.7 Å². The summed E-state index contributed by atoms with van der Waals surface area (Å²) in [6.07, 6.45) is 9.68. The van der Waals surface area contributed by atoms with Gasteiger partial charge in [0.2, 0.25) is 0 Å². The molecule has 0 spiro atoms. The fourth-order valence-electron chi connectivity index (χ4n) is 2.63. The van der Waals surface area contributed by atoms with Gasteiger partial charge in [-0.15, -0.1) is 0 Å². The average Bonchev–Trinajstić information content (AvgIpc) is 2.29. The monoisotopic (exact) mass is 223 g/mol. The molecule has 1 atom stereocenters. The molecule has 0 saturated heterocycles. The fraction of sp³-hybridized carbons (Fsp3) is 0.867. The van der Waals surface area contributed by atoms with Crippen molar-refractivity contribution in [2.24, 2.45) is 5.92 Å². The highest BCUT2D eigenvalue weighted by Crippen LogP contribution is 2.24. The van der Waals surface area contributed by atoms with Gasteiger partial charge in [0.1, 0.15) is 0 Å². The van der Waals surface area contributed by atoms with Crippen LogP contribution < -0.4 is 5.32 Å². The second-order valence-corrected chi connectivity index (χ2v) is 5.34. The molecule has 0 aromatic carbocycles. The van der Waals surface area contributed by atoms with Crippen LogP contribution in [0.4, 0.5) is 0 Å². The molecule has 0 radical (unpaired) electrons. The van der Waals surface area contributed by atoms with Crippen molar-refractivity contribution in [3.8, 4) is 0 Å². The van der Waals surface area contributed by atoms with Crippen LogP contribution in [0.5, 0.6) is 0 Å². The van der Waals surface area contributed by atoms with Gasteiger partial charge in [0.05, 0.1) is 0 Å². The molecule has 1 aliphatic heterocycles. The van der Waals surface area contributed by atoms with Crippen LogP contribution >= 0.6 is 0 Å². The van der Waals surface area contributed by atoms with E-state index in [4.69, 9.17) is 0 Å². The minimum Gasteiger partial charge on any atom is -0.313 e. The van der Waals surface area contributed by atoms with Gasteiger partial charge in [-0.25, -0.2) is 0 Å². The van der Waals surface area contributed by atoms with Crippen LogP contribution in [0.1, 0.15) is 65.7 Å². The third kappa shape index (κ3) is 4.69. The Morgan fingerprint density at radius 3 is 2.62 bits per heavy atom. The summed E-state index contributed by atoms with van der Waals surface area (Å²) in [5, 5.41) is 3.50. The second kappa shape index (κ2) is 7.89. The fourth-order valence-corrected chi connectivity index (χ4v) is 2.63. The van der Waals surface area contributed by atoms with Gasteiger partial charge in [0, 0.05) is 6.54 Å². The largest absolute Gasteiger partial charge is 0.313 e. The highest BCUT2D eigenvalue weighted by Gasteiger charge is 2.14. The van der Waals surface area contributed by atoms with E-state index in [2.05, 4.69) is 26.1 Å². The minimum absolute atomic E-state index is 0.800. The Balaban J connectivity index is 2.21. The molecule has 94 valence electrons. The lowest BCUT2D eigenvalue weighted by Crippen LogP contribution is -2.27. The van der Waals surface area contributed by atoms with Gasteiger partial charge in [0.15, 0.2) is 0 Å². The Morgan fingerprint density at radius 1 is 1.19 bits per heavy atom. The molecule has 1 rings (SSSR count). The lowest BCUT2D eigenvalue weighted by molar-refractivity contribution is 0.504. The molecular formula is C15H29N. The van der Waals surface area contributed by atoms with E-state index in [9.17, 15) is 0 Å². The molecule has 1 heteroatoms. The molecule has 0 fully saturated rings. The van der Waals surface area contributed by atoms with Crippen molar-refractivity contribution >= 4 is 0 Å². The summed E-state index contributed by atoms with van der Waals surface area (Å²) in [5.41, 5.74) is 3.35. The summed E-state index contributed by atoms with van der Waals surface area (Å²) in [6.45, 7) is 9.33. The van der Waals surface area contributed by atoms with E-state index in [1.165, 1.54) is 51.5 Å². The zero-order valence-electron chi connectivity index (χ0n) is 11.4. The molecule has 0 aromatic heterocycles. The maximum absolute atomic E-state index is 3.50. The van der Waals surface area contributed by atoms with E-state index in [1.807, 2.05) is 0 Å². The molecule has 0 bridgehead atoms. The zero-order valence-corrected chi connectivity index (χ0v) is 11.4.